The van der Waals surface area contributed by atoms with E-state index >= 15 is 0 Å². The maximum Gasteiger partial charge on any atom is 0.244 e. The van der Waals surface area contributed by atoms with Crippen molar-refractivity contribution in [3.63, 3.8) is 0 Å². The van der Waals surface area contributed by atoms with E-state index in [4.69, 9.17) is 0 Å². The average Bonchev–Trinajstić information content (AvgIpc) is 2.85. The van der Waals surface area contributed by atoms with Crippen molar-refractivity contribution < 1.29 is 8.42 Å². The lowest BCUT2D eigenvalue weighted by Gasteiger charge is -2.19. The fraction of sp³-hybridized carbons (Fsp3) is 0.600. The fourth-order valence-corrected chi connectivity index (χ4v) is 3.75. The van der Waals surface area contributed by atoms with E-state index in [2.05, 4.69) is 11.9 Å². The molecule has 6 heteroatoms. The van der Waals surface area contributed by atoms with Gasteiger partial charge in [-0.15, -0.1) is 0 Å². The second kappa shape index (κ2) is 7.77. The van der Waals surface area contributed by atoms with Crippen molar-refractivity contribution in [1.29, 1.82) is 0 Å². The zero-order chi connectivity index (χ0) is 16.0. The summed E-state index contributed by atoms with van der Waals surface area (Å²) < 4.78 is 28.8. The standard InChI is InChI=1S/C15H27N3O2S/c1-6-16-10-14-9-15(12-17(14)7-2)21(19,20)18(8-3)11-13(4)5/h9,12,16H,4,6-8,10-11H2,1-3,5H3. The van der Waals surface area contributed by atoms with E-state index in [-0.39, 0.29) is 0 Å². The van der Waals surface area contributed by atoms with E-state index in [1.54, 1.807) is 12.3 Å². The number of aryl methyl sites for hydroxylation is 1. The monoisotopic (exact) mass is 313 g/mol. The highest BCUT2D eigenvalue weighted by atomic mass is 32.2. The quantitative estimate of drug-likeness (QED) is 0.711. The Morgan fingerprint density at radius 1 is 1.38 bits per heavy atom. The topological polar surface area (TPSA) is 54.3 Å². The highest BCUT2D eigenvalue weighted by Gasteiger charge is 2.25. The summed E-state index contributed by atoms with van der Waals surface area (Å²) in [7, 11) is -3.46. The van der Waals surface area contributed by atoms with Gasteiger partial charge in [-0.3, -0.25) is 0 Å². The molecule has 0 saturated carbocycles. The predicted octanol–water partition coefficient (Wildman–Crippen LogP) is 2.20. The molecule has 5 nitrogen and oxygen atoms in total. The lowest BCUT2D eigenvalue weighted by Crippen LogP contribution is -2.32. The van der Waals surface area contributed by atoms with Gasteiger partial charge in [-0.1, -0.05) is 26.0 Å². The summed E-state index contributed by atoms with van der Waals surface area (Å²) in [5.41, 5.74) is 1.83. The molecule has 0 aromatic carbocycles. The Kier molecular flexibility index (Phi) is 6.64. The minimum Gasteiger partial charge on any atom is -0.349 e. The molecule has 0 atom stereocenters. The van der Waals surface area contributed by atoms with Crippen molar-refractivity contribution >= 4 is 10.0 Å². The molecule has 1 N–H and O–H groups in total. The molecule has 0 aliphatic heterocycles. The lowest BCUT2D eigenvalue weighted by molar-refractivity contribution is 0.452. The average molecular weight is 313 g/mol. The molecule has 0 amide bonds. The van der Waals surface area contributed by atoms with Gasteiger partial charge in [0.15, 0.2) is 0 Å². The zero-order valence-electron chi connectivity index (χ0n) is 13.5. The maximum absolute atomic E-state index is 12.7. The molecule has 0 saturated heterocycles. The Bertz CT molecular complexity index is 576. The first-order valence-corrected chi connectivity index (χ1v) is 8.85. The number of rotatable bonds is 9. The molecule has 0 fully saturated rings. The van der Waals surface area contributed by atoms with Crippen LogP contribution in [0.5, 0.6) is 0 Å². The van der Waals surface area contributed by atoms with Crippen LogP contribution in [0.2, 0.25) is 0 Å². The molecule has 1 aromatic heterocycles. The van der Waals surface area contributed by atoms with Crippen LogP contribution < -0.4 is 5.32 Å². The third-order valence-corrected chi connectivity index (χ3v) is 5.18. The molecule has 1 rings (SSSR count). The van der Waals surface area contributed by atoms with Crippen molar-refractivity contribution in [1.82, 2.24) is 14.2 Å². The normalized spacial score (nSPS) is 12.0. The van der Waals surface area contributed by atoms with Crippen LogP contribution in [0.4, 0.5) is 0 Å². The van der Waals surface area contributed by atoms with Crippen LogP contribution in [-0.2, 0) is 23.1 Å². The van der Waals surface area contributed by atoms with Gasteiger partial charge in [-0.2, -0.15) is 4.31 Å². The van der Waals surface area contributed by atoms with Gasteiger partial charge in [0.25, 0.3) is 0 Å². The van der Waals surface area contributed by atoms with Crippen LogP contribution in [0.25, 0.3) is 0 Å². The molecule has 0 unspecified atom stereocenters. The third kappa shape index (κ3) is 4.43. The SMILES string of the molecule is C=C(C)CN(CC)S(=O)(=O)c1cc(CNCC)n(CC)c1. The van der Waals surface area contributed by atoms with Gasteiger partial charge < -0.3 is 9.88 Å². The Labute approximate surface area is 128 Å². The van der Waals surface area contributed by atoms with E-state index in [0.717, 1.165) is 24.4 Å². The Balaban J connectivity index is 3.12. The summed E-state index contributed by atoms with van der Waals surface area (Å²) in [6.07, 6.45) is 1.73. The van der Waals surface area contributed by atoms with Crippen molar-refractivity contribution in [2.45, 2.75) is 45.7 Å². The molecule has 0 bridgehead atoms. The number of nitrogens with one attached hydrogen (secondary N) is 1. The van der Waals surface area contributed by atoms with Crippen molar-refractivity contribution in [3.05, 3.63) is 30.1 Å². The van der Waals surface area contributed by atoms with Gasteiger partial charge >= 0.3 is 0 Å². The second-order valence-corrected chi connectivity index (χ2v) is 7.06. The van der Waals surface area contributed by atoms with E-state index in [1.807, 2.05) is 32.3 Å². The number of sulfonamides is 1. The summed E-state index contributed by atoms with van der Waals surface area (Å²) in [5, 5.41) is 3.24. The summed E-state index contributed by atoms with van der Waals surface area (Å²) in [6.45, 7) is 14.6. The molecule has 1 aromatic rings. The molecule has 21 heavy (non-hydrogen) atoms. The minimum absolute atomic E-state index is 0.360. The molecule has 120 valence electrons. The van der Waals surface area contributed by atoms with Crippen molar-refractivity contribution in [2.24, 2.45) is 0 Å². The molecule has 0 aliphatic rings. The molecular weight excluding hydrogens is 286 g/mol. The molecule has 1 heterocycles. The lowest BCUT2D eigenvalue weighted by atomic mass is 10.3. The Morgan fingerprint density at radius 3 is 2.52 bits per heavy atom. The highest BCUT2D eigenvalue weighted by molar-refractivity contribution is 7.89. The van der Waals surface area contributed by atoms with E-state index < -0.39 is 10.0 Å². The molecule has 0 aliphatic carbocycles. The van der Waals surface area contributed by atoms with Gasteiger partial charge in [-0.05, 0) is 26.5 Å². The van der Waals surface area contributed by atoms with Crippen LogP contribution in [0.3, 0.4) is 0 Å². The van der Waals surface area contributed by atoms with Gasteiger partial charge in [0.1, 0.15) is 4.90 Å². The largest absolute Gasteiger partial charge is 0.349 e. The first-order chi connectivity index (χ1) is 9.86. The highest BCUT2D eigenvalue weighted by Crippen LogP contribution is 2.20. The van der Waals surface area contributed by atoms with Crippen molar-refractivity contribution in [2.75, 3.05) is 19.6 Å². The second-order valence-electron chi connectivity index (χ2n) is 5.12. The summed E-state index contributed by atoms with van der Waals surface area (Å²) in [6, 6.07) is 1.77. The number of hydrogen-bond acceptors (Lipinski definition) is 3. The summed E-state index contributed by atoms with van der Waals surface area (Å²) in [5.74, 6) is 0. The number of likely N-dealkylation sites (N-methyl/N-ethyl adjacent to an activating group) is 1. The molecular formula is C15H27N3O2S. The first-order valence-electron chi connectivity index (χ1n) is 7.41. The van der Waals surface area contributed by atoms with Crippen LogP contribution >= 0.6 is 0 Å². The zero-order valence-corrected chi connectivity index (χ0v) is 14.3. The number of nitrogens with zero attached hydrogens (tertiary/aromatic N) is 2. The first kappa shape index (κ1) is 17.9. The molecule has 0 radical (unpaired) electrons. The van der Waals surface area contributed by atoms with Gasteiger partial charge in [0.2, 0.25) is 10.0 Å². The maximum atomic E-state index is 12.7. The van der Waals surface area contributed by atoms with Gasteiger partial charge in [0.05, 0.1) is 0 Å². The predicted molar refractivity (Wildman–Crippen MR) is 86.7 cm³/mol. The van der Waals surface area contributed by atoms with Crippen LogP contribution in [-0.4, -0.2) is 36.9 Å². The van der Waals surface area contributed by atoms with Gasteiger partial charge in [-0.25, -0.2) is 8.42 Å². The van der Waals surface area contributed by atoms with Crippen LogP contribution in [0.1, 0.15) is 33.4 Å². The molecule has 0 spiro atoms. The van der Waals surface area contributed by atoms with Crippen LogP contribution in [0, 0.1) is 0 Å². The van der Waals surface area contributed by atoms with Crippen molar-refractivity contribution in [3.8, 4) is 0 Å². The Hall–Kier alpha value is -1.11. The van der Waals surface area contributed by atoms with Gasteiger partial charge in [0, 0.05) is 38.1 Å². The van der Waals surface area contributed by atoms with E-state index in [1.165, 1.54) is 4.31 Å². The smallest absolute Gasteiger partial charge is 0.244 e. The Morgan fingerprint density at radius 2 is 2.05 bits per heavy atom. The number of aromatic nitrogens is 1. The van der Waals surface area contributed by atoms with Crippen LogP contribution in [0.15, 0.2) is 29.3 Å². The number of hydrogen-bond donors (Lipinski definition) is 1. The summed E-state index contributed by atoms with van der Waals surface area (Å²) >= 11 is 0. The minimum atomic E-state index is -3.46. The summed E-state index contributed by atoms with van der Waals surface area (Å²) in [4.78, 5) is 0.361. The van der Waals surface area contributed by atoms with E-state index in [0.29, 0.717) is 24.5 Å². The fourth-order valence-electron chi connectivity index (χ4n) is 2.18. The van der Waals surface area contributed by atoms with E-state index in [9.17, 15) is 8.42 Å². The third-order valence-electron chi connectivity index (χ3n) is 3.29.